The van der Waals surface area contributed by atoms with Crippen LogP contribution in [0, 0.1) is 0 Å². The van der Waals surface area contributed by atoms with Gasteiger partial charge in [0.15, 0.2) is 5.11 Å². The number of thiocarbonyl (C=S) groups is 1. The van der Waals surface area contributed by atoms with Gasteiger partial charge in [0, 0.05) is 29.8 Å². The molecule has 0 unspecified atom stereocenters. The molecule has 0 heterocycles. The summed E-state index contributed by atoms with van der Waals surface area (Å²) in [6.07, 6.45) is 1.82. The van der Waals surface area contributed by atoms with Gasteiger partial charge in [0.1, 0.15) is 5.75 Å². The lowest BCUT2D eigenvalue weighted by atomic mass is 10.1. The topological polar surface area (TPSA) is 79.5 Å². The molecule has 0 spiro atoms. The van der Waals surface area contributed by atoms with Crippen molar-refractivity contribution in [1.82, 2.24) is 5.32 Å². The van der Waals surface area contributed by atoms with Crippen molar-refractivity contribution in [1.29, 1.82) is 0 Å². The number of ether oxygens (including phenoxy) is 1. The van der Waals surface area contributed by atoms with Gasteiger partial charge in [-0.25, -0.2) is 0 Å². The zero-order chi connectivity index (χ0) is 26.6. The lowest BCUT2D eigenvalue weighted by molar-refractivity contribution is -0.116. The number of hydrogen-bond acceptors (Lipinski definition) is 4. The number of amides is 2. The smallest absolute Gasteiger partial charge is 0.257 e. The van der Waals surface area contributed by atoms with Crippen molar-refractivity contribution in [3.05, 3.63) is 126 Å². The Kier molecular flexibility index (Phi) is 9.59. The van der Waals surface area contributed by atoms with Crippen molar-refractivity contribution in [2.75, 3.05) is 17.2 Å². The molecule has 4 aromatic rings. The molecule has 0 fully saturated rings. The largest absolute Gasteiger partial charge is 0.493 e. The Labute approximate surface area is 228 Å². The summed E-state index contributed by atoms with van der Waals surface area (Å²) in [4.78, 5) is 25.1. The molecule has 0 bridgehead atoms. The molecule has 0 saturated heterocycles. The number of aryl methyl sites for hydroxylation is 1. The summed E-state index contributed by atoms with van der Waals surface area (Å²) in [5, 5.41) is 8.74. The predicted octanol–water partition coefficient (Wildman–Crippen LogP) is 6.01. The standard InChI is InChI=1S/C31H29N3O3S/c35-29(18-17-23-9-3-1-4-10-23)32-26-14-8-15-27(22-26)33-31(38)34-30(36)25-13-7-16-28(21-25)37-20-19-24-11-5-2-6-12-24/h1-16,21-22H,17-20H2,(H,32,35)(H2,33,34,36,38). The molecule has 0 atom stereocenters. The summed E-state index contributed by atoms with van der Waals surface area (Å²) < 4.78 is 5.83. The van der Waals surface area contributed by atoms with Gasteiger partial charge in [0.05, 0.1) is 6.61 Å². The summed E-state index contributed by atoms with van der Waals surface area (Å²) in [6, 6.07) is 34.1. The molecule has 0 radical (unpaired) electrons. The molecule has 2 amide bonds. The maximum atomic E-state index is 12.7. The van der Waals surface area contributed by atoms with E-state index < -0.39 is 0 Å². The average Bonchev–Trinajstić information content (AvgIpc) is 2.93. The fourth-order valence-corrected chi connectivity index (χ4v) is 4.01. The van der Waals surface area contributed by atoms with E-state index in [0.717, 1.165) is 12.0 Å². The number of benzene rings is 4. The third-order valence-electron chi connectivity index (χ3n) is 5.71. The number of carbonyl (C=O) groups excluding carboxylic acids is 2. The van der Waals surface area contributed by atoms with E-state index in [4.69, 9.17) is 17.0 Å². The van der Waals surface area contributed by atoms with Crippen LogP contribution in [0.2, 0.25) is 0 Å². The summed E-state index contributed by atoms with van der Waals surface area (Å²) in [7, 11) is 0. The molecule has 0 aromatic heterocycles. The Hall–Kier alpha value is -4.49. The Morgan fingerprint density at radius 1 is 0.684 bits per heavy atom. The molecule has 3 N–H and O–H groups in total. The second-order valence-corrected chi connectivity index (χ2v) is 9.04. The molecule has 4 rings (SSSR count). The van der Waals surface area contributed by atoms with Gasteiger partial charge in [0.2, 0.25) is 5.91 Å². The lowest BCUT2D eigenvalue weighted by Crippen LogP contribution is -2.34. The molecule has 7 heteroatoms. The van der Waals surface area contributed by atoms with E-state index in [1.54, 1.807) is 42.5 Å². The van der Waals surface area contributed by atoms with Crippen LogP contribution in [0.3, 0.4) is 0 Å². The molecule has 4 aromatic carbocycles. The number of nitrogens with one attached hydrogen (secondary N) is 3. The third kappa shape index (κ3) is 8.57. The maximum absolute atomic E-state index is 12.7. The SMILES string of the molecule is O=C(CCc1ccccc1)Nc1cccc(NC(=S)NC(=O)c2cccc(OCCc3ccccc3)c2)c1. The minimum Gasteiger partial charge on any atom is -0.493 e. The molecular weight excluding hydrogens is 494 g/mol. The fourth-order valence-electron chi connectivity index (χ4n) is 3.80. The van der Waals surface area contributed by atoms with Gasteiger partial charge in [-0.15, -0.1) is 0 Å². The molecule has 0 saturated carbocycles. The number of anilines is 2. The van der Waals surface area contributed by atoms with Crippen molar-refractivity contribution < 1.29 is 14.3 Å². The van der Waals surface area contributed by atoms with Gasteiger partial charge in [-0.1, -0.05) is 72.8 Å². The normalized spacial score (nSPS) is 10.3. The Morgan fingerprint density at radius 2 is 1.32 bits per heavy atom. The van der Waals surface area contributed by atoms with Crippen molar-refractivity contribution in [3.8, 4) is 5.75 Å². The van der Waals surface area contributed by atoms with Crippen LogP contribution >= 0.6 is 12.2 Å². The minimum absolute atomic E-state index is 0.0762. The first kappa shape index (κ1) is 26.6. The van der Waals surface area contributed by atoms with E-state index in [9.17, 15) is 9.59 Å². The van der Waals surface area contributed by atoms with E-state index in [0.29, 0.717) is 42.1 Å². The number of carbonyl (C=O) groups is 2. The summed E-state index contributed by atoms with van der Waals surface area (Å²) in [5.41, 5.74) is 4.03. The highest BCUT2D eigenvalue weighted by atomic mass is 32.1. The first-order valence-corrected chi connectivity index (χ1v) is 12.8. The van der Waals surface area contributed by atoms with E-state index in [1.807, 2.05) is 54.6 Å². The zero-order valence-electron chi connectivity index (χ0n) is 20.9. The average molecular weight is 524 g/mol. The molecule has 38 heavy (non-hydrogen) atoms. The predicted molar refractivity (Wildman–Crippen MR) is 156 cm³/mol. The third-order valence-corrected chi connectivity index (χ3v) is 5.92. The van der Waals surface area contributed by atoms with Crippen LogP contribution < -0.4 is 20.7 Å². The number of hydrogen-bond donors (Lipinski definition) is 3. The van der Waals surface area contributed by atoms with Gasteiger partial charge in [-0.2, -0.15) is 0 Å². The highest BCUT2D eigenvalue weighted by Gasteiger charge is 2.10. The van der Waals surface area contributed by atoms with Crippen LogP contribution in [-0.2, 0) is 17.6 Å². The van der Waals surface area contributed by atoms with Crippen LogP contribution in [0.4, 0.5) is 11.4 Å². The van der Waals surface area contributed by atoms with Crippen LogP contribution in [0.25, 0.3) is 0 Å². The minimum atomic E-state index is -0.346. The van der Waals surface area contributed by atoms with Crippen molar-refractivity contribution in [3.63, 3.8) is 0 Å². The molecule has 0 aliphatic heterocycles. The maximum Gasteiger partial charge on any atom is 0.257 e. The highest BCUT2D eigenvalue weighted by molar-refractivity contribution is 7.80. The quantitative estimate of drug-likeness (QED) is 0.222. The van der Waals surface area contributed by atoms with E-state index in [-0.39, 0.29) is 16.9 Å². The van der Waals surface area contributed by atoms with Crippen LogP contribution in [0.5, 0.6) is 5.75 Å². The fraction of sp³-hybridized carbons (Fsp3) is 0.129. The molecule has 0 aliphatic carbocycles. The first-order chi connectivity index (χ1) is 18.5. The highest BCUT2D eigenvalue weighted by Crippen LogP contribution is 2.17. The van der Waals surface area contributed by atoms with Crippen LogP contribution in [0.1, 0.15) is 27.9 Å². The van der Waals surface area contributed by atoms with Crippen LogP contribution in [0.15, 0.2) is 109 Å². The number of rotatable bonds is 10. The van der Waals surface area contributed by atoms with Crippen molar-refractivity contribution >= 4 is 40.5 Å². The summed E-state index contributed by atoms with van der Waals surface area (Å²) in [5.74, 6) is 0.192. The summed E-state index contributed by atoms with van der Waals surface area (Å²) in [6.45, 7) is 0.508. The molecular formula is C31H29N3O3S. The van der Waals surface area contributed by atoms with Crippen LogP contribution in [-0.4, -0.2) is 23.5 Å². The molecule has 192 valence electrons. The van der Waals surface area contributed by atoms with E-state index >= 15 is 0 Å². The van der Waals surface area contributed by atoms with E-state index in [2.05, 4.69) is 28.1 Å². The van der Waals surface area contributed by atoms with Gasteiger partial charge >= 0.3 is 0 Å². The van der Waals surface area contributed by atoms with Gasteiger partial charge in [-0.05, 0) is 66.2 Å². The van der Waals surface area contributed by atoms with E-state index in [1.165, 1.54) is 5.56 Å². The Balaban J connectivity index is 1.25. The van der Waals surface area contributed by atoms with Gasteiger partial charge in [-0.3, -0.25) is 14.9 Å². The second-order valence-electron chi connectivity index (χ2n) is 8.63. The summed E-state index contributed by atoms with van der Waals surface area (Å²) >= 11 is 5.33. The van der Waals surface area contributed by atoms with Gasteiger partial charge < -0.3 is 15.4 Å². The van der Waals surface area contributed by atoms with Crippen molar-refractivity contribution in [2.45, 2.75) is 19.3 Å². The van der Waals surface area contributed by atoms with Gasteiger partial charge in [0.25, 0.3) is 5.91 Å². The Morgan fingerprint density at radius 3 is 2.03 bits per heavy atom. The second kappa shape index (κ2) is 13.7. The first-order valence-electron chi connectivity index (χ1n) is 12.4. The lowest BCUT2D eigenvalue weighted by Gasteiger charge is -2.12. The molecule has 6 nitrogen and oxygen atoms in total. The monoisotopic (exact) mass is 523 g/mol. The Bertz CT molecular complexity index is 1380. The molecule has 0 aliphatic rings. The zero-order valence-corrected chi connectivity index (χ0v) is 21.7. The van der Waals surface area contributed by atoms with Crippen molar-refractivity contribution in [2.24, 2.45) is 0 Å².